The van der Waals surface area contributed by atoms with Gasteiger partial charge in [-0.2, -0.15) is 0 Å². The first kappa shape index (κ1) is 14.3. The summed E-state index contributed by atoms with van der Waals surface area (Å²) in [5, 5.41) is 0. The summed E-state index contributed by atoms with van der Waals surface area (Å²) in [5.74, 6) is 0.830. The van der Waals surface area contributed by atoms with E-state index >= 15 is 0 Å². The van der Waals surface area contributed by atoms with Gasteiger partial charge in [-0.3, -0.25) is 4.79 Å². The van der Waals surface area contributed by atoms with Crippen LogP contribution in [0.15, 0.2) is 36.4 Å². The molecule has 2 heterocycles. The Bertz CT molecular complexity index is 503. The van der Waals surface area contributed by atoms with Crippen LogP contribution in [0.25, 0.3) is 5.57 Å². The average Bonchev–Trinajstić information content (AvgIpc) is 2.57. The molecule has 0 unspecified atom stereocenters. The van der Waals surface area contributed by atoms with Gasteiger partial charge in [-0.1, -0.05) is 36.4 Å². The smallest absolute Gasteiger partial charge is 0.223 e. The summed E-state index contributed by atoms with van der Waals surface area (Å²) in [7, 11) is 0. The Morgan fingerprint density at radius 3 is 2.62 bits per heavy atom. The van der Waals surface area contributed by atoms with Crippen molar-refractivity contribution < 1.29 is 9.53 Å². The number of ether oxygens (including phenoxy) is 1. The van der Waals surface area contributed by atoms with E-state index in [0.29, 0.717) is 18.2 Å². The molecule has 3 heteroatoms. The molecular weight excluding hydrogens is 262 g/mol. The number of carbonyl (C=O) groups is 1. The summed E-state index contributed by atoms with van der Waals surface area (Å²) in [6.07, 6.45) is 5.93. The normalized spacial score (nSPS) is 20.2. The second-order valence-corrected chi connectivity index (χ2v) is 5.95. The van der Waals surface area contributed by atoms with E-state index in [4.69, 9.17) is 4.74 Å². The van der Waals surface area contributed by atoms with Crippen molar-refractivity contribution in [1.29, 1.82) is 0 Å². The van der Waals surface area contributed by atoms with Crippen LogP contribution in [0.5, 0.6) is 0 Å². The van der Waals surface area contributed by atoms with E-state index in [-0.39, 0.29) is 0 Å². The van der Waals surface area contributed by atoms with Crippen LogP contribution in [-0.2, 0) is 9.53 Å². The largest absolute Gasteiger partial charge is 0.381 e. The first-order valence-electron chi connectivity index (χ1n) is 7.93. The molecule has 0 aliphatic carbocycles. The molecule has 0 saturated carbocycles. The molecule has 3 rings (SSSR count). The molecule has 2 aliphatic heterocycles. The monoisotopic (exact) mass is 285 g/mol. The van der Waals surface area contributed by atoms with Crippen molar-refractivity contribution in [3.63, 3.8) is 0 Å². The van der Waals surface area contributed by atoms with Crippen molar-refractivity contribution in [1.82, 2.24) is 4.90 Å². The lowest BCUT2D eigenvalue weighted by Crippen LogP contribution is -2.36. The number of hydrogen-bond donors (Lipinski definition) is 0. The van der Waals surface area contributed by atoms with Gasteiger partial charge in [0.1, 0.15) is 0 Å². The lowest BCUT2D eigenvalue weighted by molar-refractivity contribution is -0.132. The Hall–Kier alpha value is -1.61. The first-order chi connectivity index (χ1) is 10.3. The Labute approximate surface area is 126 Å². The Kier molecular flexibility index (Phi) is 4.71. The standard InChI is InChI=1S/C18H23NO2/c20-18(14-15-8-12-21-13-9-15)19-10-6-17(7-11-19)16-4-2-1-3-5-16/h1-6,15H,7-14H2. The van der Waals surface area contributed by atoms with Crippen molar-refractivity contribution in [2.45, 2.75) is 25.7 Å². The Morgan fingerprint density at radius 1 is 1.19 bits per heavy atom. The van der Waals surface area contributed by atoms with E-state index in [0.717, 1.165) is 45.6 Å². The van der Waals surface area contributed by atoms with Crippen LogP contribution in [-0.4, -0.2) is 37.1 Å². The molecule has 3 nitrogen and oxygen atoms in total. The van der Waals surface area contributed by atoms with E-state index in [1.165, 1.54) is 11.1 Å². The molecule has 1 fully saturated rings. The second-order valence-electron chi connectivity index (χ2n) is 5.95. The number of amides is 1. The molecule has 1 saturated heterocycles. The van der Waals surface area contributed by atoms with Gasteiger partial charge >= 0.3 is 0 Å². The predicted octanol–water partition coefficient (Wildman–Crippen LogP) is 3.12. The Balaban J connectivity index is 1.55. The number of benzene rings is 1. The fourth-order valence-electron chi connectivity index (χ4n) is 3.14. The number of hydrogen-bond acceptors (Lipinski definition) is 2. The molecule has 1 amide bonds. The molecular formula is C18H23NO2. The highest BCUT2D eigenvalue weighted by Gasteiger charge is 2.22. The minimum Gasteiger partial charge on any atom is -0.381 e. The summed E-state index contributed by atoms with van der Waals surface area (Å²) in [5.41, 5.74) is 2.65. The third-order valence-electron chi connectivity index (χ3n) is 4.51. The van der Waals surface area contributed by atoms with Gasteiger partial charge < -0.3 is 9.64 Å². The van der Waals surface area contributed by atoms with E-state index in [1.54, 1.807) is 0 Å². The Morgan fingerprint density at radius 2 is 1.95 bits per heavy atom. The highest BCUT2D eigenvalue weighted by molar-refractivity contribution is 5.78. The first-order valence-corrected chi connectivity index (χ1v) is 7.93. The molecule has 21 heavy (non-hydrogen) atoms. The average molecular weight is 285 g/mol. The third-order valence-corrected chi connectivity index (χ3v) is 4.51. The summed E-state index contributed by atoms with van der Waals surface area (Å²) >= 11 is 0. The molecule has 112 valence electrons. The molecule has 1 aromatic rings. The summed E-state index contributed by atoms with van der Waals surface area (Å²) in [6.45, 7) is 3.24. The number of nitrogens with zero attached hydrogens (tertiary/aromatic N) is 1. The fourth-order valence-corrected chi connectivity index (χ4v) is 3.14. The molecule has 0 bridgehead atoms. The minimum atomic E-state index is 0.310. The molecule has 0 atom stereocenters. The highest BCUT2D eigenvalue weighted by atomic mass is 16.5. The predicted molar refractivity (Wildman–Crippen MR) is 83.8 cm³/mol. The van der Waals surface area contributed by atoms with Crippen LogP contribution >= 0.6 is 0 Å². The third kappa shape index (κ3) is 3.73. The quantitative estimate of drug-likeness (QED) is 0.854. The molecule has 0 aromatic heterocycles. The lowest BCUT2D eigenvalue weighted by Gasteiger charge is -2.29. The van der Waals surface area contributed by atoms with E-state index in [9.17, 15) is 4.79 Å². The van der Waals surface area contributed by atoms with Crippen molar-refractivity contribution in [3.8, 4) is 0 Å². The second kappa shape index (κ2) is 6.90. The van der Waals surface area contributed by atoms with Crippen LogP contribution in [0.2, 0.25) is 0 Å². The van der Waals surface area contributed by atoms with Gasteiger partial charge in [0.2, 0.25) is 5.91 Å². The van der Waals surface area contributed by atoms with Crippen molar-refractivity contribution in [2.75, 3.05) is 26.3 Å². The summed E-state index contributed by atoms with van der Waals surface area (Å²) in [6, 6.07) is 10.5. The van der Waals surface area contributed by atoms with Crippen LogP contribution in [0, 0.1) is 5.92 Å². The van der Waals surface area contributed by atoms with Crippen LogP contribution in [0.3, 0.4) is 0 Å². The van der Waals surface area contributed by atoms with Crippen molar-refractivity contribution in [2.24, 2.45) is 5.92 Å². The SMILES string of the molecule is O=C(CC1CCOCC1)N1CC=C(c2ccccc2)CC1. The molecule has 0 spiro atoms. The zero-order valence-electron chi connectivity index (χ0n) is 12.5. The highest BCUT2D eigenvalue weighted by Crippen LogP contribution is 2.24. The van der Waals surface area contributed by atoms with Gasteiger partial charge in [-0.15, -0.1) is 0 Å². The van der Waals surface area contributed by atoms with E-state index < -0.39 is 0 Å². The van der Waals surface area contributed by atoms with Crippen molar-refractivity contribution in [3.05, 3.63) is 42.0 Å². The maximum atomic E-state index is 12.4. The number of carbonyl (C=O) groups excluding carboxylic acids is 1. The summed E-state index contributed by atoms with van der Waals surface area (Å²) in [4.78, 5) is 14.4. The summed E-state index contributed by atoms with van der Waals surface area (Å²) < 4.78 is 5.36. The van der Waals surface area contributed by atoms with Crippen LogP contribution in [0.4, 0.5) is 0 Å². The fraction of sp³-hybridized carbons (Fsp3) is 0.500. The van der Waals surface area contributed by atoms with Gasteiger partial charge in [-0.05, 0) is 36.3 Å². The van der Waals surface area contributed by atoms with Gasteiger partial charge in [0.05, 0.1) is 0 Å². The zero-order chi connectivity index (χ0) is 14.5. The van der Waals surface area contributed by atoms with Crippen LogP contribution < -0.4 is 0 Å². The molecule has 1 aromatic carbocycles. The van der Waals surface area contributed by atoms with E-state index in [2.05, 4.69) is 30.3 Å². The molecule has 0 N–H and O–H groups in total. The van der Waals surface area contributed by atoms with Gasteiger partial charge in [0.15, 0.2) is 0 Å². The maximum absolute atomic E-state index is 12.4. The molecule has 2 aliphatic rings. The van der Waals surface area contributed by atoms with Crippen LogP contribution in [0.1, 0.15) is 31.2 Å². The minimum absolute atomic E-state index is 0.310. The molecule has 0 radical (unpaired) electrons. The van der Waals surface area contributed by atoms with Gasteiger partial charge in [-0.25, -0.2) is 0 Å². The van der Waals surface area contributed by atoms with Gasteiger partial charge in [0, 0.05) is 32.7 Å². The maximum Gasteiger partial charge on any atom is 0.223 e. The van der Waals surface area contributed by atoms with E-state index in [1.807, 2.05) is 11.0 Å². The topological polar surface area (TPSA) is 29.5 Å². The van der Waals surface area contributed by atoms with Crippen molar-refractivity contribution >= 4 is 11.5 Å². The lowest BCUT2D eigenvalue weighted by atomic mass is 9.95. The number of rotatable bonds is 3. The van der Waals surface area contributed by atoms with Gasteiger partial charge in [0.25, 0.3) is 0 Å². The zero-order valence-corrected chi connectivity index (χ0v) is 12.5.